The maximum atomic E-state index is 11.8. The molecule has 2 aromatic heterocycles. The number of hydrogen-bond donors (Lipinski definition) is 1. The minimum absolute atomic E-state index is 0.0697. The van der Waals surface area contributed by atoms with Crippen LogP contribution in [0.1, 0.15) is 17.2 Å². The van der Waals surface area contributed by atoms with E-state index >= 15 is 0 Å². The molecule has 3 heterocycles. The molecule has 1 N–H and O–H groups in total. The first-order chi connectivity index (χ1) is 10.7. The summed E-state index contributed by atoms with van der Waals surface area (Å²) in [6, 6.07) is 6.82. The molecule has 110 valence electrons. The van der Waals surface area contributed by atoms with E-state index in [1.807, 2.05) is 12.1 Å². The normalized spacial score (nSPS) is 17.4. The van der Waals surface area contributed by atoms with Crippen LogP contribution in [-0.4, -0.2) is 16.7 Å². The molecule has 4 rings (SSSR count). The Morgan fingerprint density at radius 1 is 1.23 bits per heavy atom. The second-order valence-electron chi connectivity index (χ2n) is 5.28. The molecule has 0 bridgehead atoms. The van der Waals surface area contributed by atoms with Crippen molar-refractivity contribution < 1.29 is 14.3 Å². The lowest BCUT2D eigenvalue weighted by molar-refractivity contribution is 0.00981. The Balaban J connectivity index is 1.93. The molecule has 1 aliphatic rings. The van der Waals surface area contributed by atoms with Crippen molar-refractivity contribution >= 4 is 11.0 Å². The molecule has 0 radical (unpaired) electrons. The number of hydrogen-bond acceptors (Lipinski definition) is 5. The van der Waals surface area contributed by atoms with Gasteiger partial charge in [-0.15, -0.1) is 0 Å². The van der Waals surface area contributed by atoms with Crippen molar-refractivity contribution in [3.63, 3.8) is 0 Å². The van der Waals surface area contributed by atoms with Crippen molar-refractivity contribution in [3.05, 3.63) is 64.3 Å². The predicted octanol–water partition coefficient (Wildman–Crippen LogP) is 2.42. The predicted molar refractivity (Wildman–Crippen MR) is 80.3 cm³/mol. The van der Waals surface area contributed by atoms with Crippen LogP contribution in [0, 0.1) is 0 Å². The third-order valence-electron chi connectivity index (χ3n) is 3.94. The number of aliphatic hydroxyl groups excluding tert-OH is 1. The van der Waals surface area contributed by atoms with E-state index in [-0.39, 0.29) is 12.0 Å². The van der Waals surface area contributed by atoms with Crippen LogP contribution in [0.25, 0.3) is 22.1 Å². The zero-order valence-electron chi connectivity index (χ0n) is 11.7. The van der Waals surface area contributed by atoms with E-state index in [2.05, 4.69) is 4.98 Å². The minimum Gasteiger partial charge on any atom is -0.464 e. The molecule has 0 aliphatic carbocycles. The van der Waals surface area contributed by atoms with E-state index in [1.54, 1.807) is 18.5 Å². The van der Waals surface area contributed by atoms with Gasteiger partial charge in [0.05, 0.1) is 24.9 Å². The van der Waals surface area contributed by atoms with E-state index in [9.17, 15) is 9.90 Å². The van der Waals surface area contributed by atoms with Gasteiger partial charge in [0.15, 0.2) is 5.43 Å². The molecule has 1 atom stereocenters. The third kappa shape index (κ3) is 2.03. The number of pyridine rings is 1. The van der Waals surface area contributed by atoms with Gasteiger partial charge in [0.1, 0.15) is 11.7 Å². The quantitative estimate of drug-likeness (QED) is 0.746. The lowest BCUT2D eigenvalue weighted by atomic mass is 9.94. The van der Waals surface area contributed by atoms with Crippen LogP contribution in [0.2, 0.25) is 0 Å². The molecular formula is C17H13NO4. The Morgan fingerprint density at radius 3 is 3.05 bits per heavy atom. The molecule has 0 fully saturated rings. The van der Waals surface area contributed by atoms with Crippen LogP contribution in [0.4, 0.5) is 0 Å². The summed E-state index contributed by atoms with van der Waals surface area (Å²) in [6.45, 7) is 0.714. The topological polar surface area (TPSA) is 72.6 Å². The maximum absolute atomic E-state index is 11.8. The van der Waals surface area contributed by atoms with Crippen LogP contribution in [0.3, 0.4) is 0 Å². The van der Waals surface area contributed by atoms with Gasteiger partial charge < -0.3 is 14.3 Å². The third-order valence-corrected chi connectivity index (χ3v) is 3.94. The van der Waals surface area contributed by atoms with Gasteiger partial charge in [-0.1, -0.05) is 6.07 Å². The highest BCUT2D eigenvalue weighted by atomic mass is 16.5. The van der Waals surface area contributed by atoms with Crippen LogP contribution in [0.5, 0.6) is 0 Å². The van der Waals surface area contributed by atoms with Gasteiger partial charge in [0, 0.05) is 29.6 Å². The first kappa shape index (κ1) is 13.2. The van der Waals surface area contributed by atoms with E-state index in [4.69, 9.17) is 9.15 Å². The summed E-state index contributed by atoms with van der Waals surface area (Å²) in [5.41, 5.74) is 3.93. The monoisotopic (exact) mass is 295 g/mol. The number of fused-ring (bicyclic) bond motifs is 2. The van der Waals surface area contributed by atoms with Crippen LogP contribution >= 0.6 is 0 Å². The van der Waals surface area contributed by atoms with Gasteiger partial charge in [-0.2, -0.15) is 0 Å². The zero-order chi connectivity index (χ0) is 15.1. The molecule has 3 aromatic rings. The summed E-state index contributed by atoms with van der Waals surface area (Å²) in [5, 5.41) is 10.6. The van der Waals surface area contributed by atoms with Gasteiger partial charge in [-0.3, -0.25) is 9.78 Å². The standard InChI is InChI=1S/C17H13NO4/c19-15-3-4-22-17-5-10(1-2-11(15)17)12-6-18-7-13-14(12)8-21-9-16(13)20/h1-7,16,20H,8-9H2. The molecule has 1 unspecified atom stereocenters. The summed E-state index contributed by atoms with van der Waals surface area (Å²) in [7, 11) is 0. The summed E-state index contributed by atoms with van der Waals surface area (Å²) >= 11 is 0. The van der Waals surface area contributed by atoms with E-state index in [0.29, 0.717) is 17.6 Å². The van der Waals surface area contributed by atoms with Gasteiger partial charge in [-0.25, -0.2) is 0 Å². The second kappa shape index (κ2) is 5.05. The molecular weight excluding hydrogens is 282 g/mol. The Morgan fingerprint density at radius 2 is 2.14 bits per heavy atom. The molecule has 1 aromatic carbocycles. The number of benzene rings is 1. The lowest BCUT2D eigenvalue weighted by Crippen LogP contribution is -2.17. The highest BCUT2D eigenvalue weighted by molar-refractivity contribution is 5.83. The van der Waals surface area contributed by atoms with Gasteiger partial charge in [0.25, 0.3) is 0 Å². The molecule has 0 saturated heterocycles. The van der Waals surface area contributed by atoms with Gasteiger partial charge >= 0.3 is 0 Å². The fourth-order valence-corrected chi connectivity index (χ4v) is 2.81. The molecule has 5 heteroatoms. The fraction of sp³-hybridized carbons (Fsp3) is 0.176. The van der Waals surface area contributed by atoms with Crippen LogP contribution in [0.15, 0.2) is 52.1 Å². The average molecular weight is 295 g/mol. The van der Waals surface area contributed by atoms with E-state index in [0.717, 1.165) is 22.3 Å². The lowest BCUT2D eigenvalue weighted by Gasteiger charge is -2.23. The summed E-state index contributed by atoms with van der Waals surface area (Å²) < 4.78 is 10.8. The molecule has 22 heavy (non-hydrogen) atoms. The zero-order valence-corrected chi connectivity index (χ0v) is 11.7. The van der Waals surface area contributed by atoms with E-state index in [1.165, 1.54) is 12.3 Å². The van der Waals surface area contributed by atoms with Crippen LogP contribution < -0.4 is 5.43 Å². The van der Waals surface area contributed by atoms with Crippen molar-refractivity contribution in [3.8, 4) is 11.1 Å². The summed E-state index contributed by atoms with van der Waals surface area (Å²) in [5.74, 6) is 0. The van der Waals surface area contributed by atoms with E-state index < -0.39 is 6.10 Å². The number of aliphatic hydroxyl groups is 1. The number of ether oxygens (including phenoxy) is 1. The highest BCUT2D eigenvalue weighted by Crippen LogP contribution is 2.33. The SMILES string of the molecule is O=c1ccoc2cc(-c3cncc4c3COCC4O)ccc12. The second-order valence-corrected chi connectivity index (χ2v) is 5.28. The van der Waals surface area contributed by atoms with Crippen molar-refractivity contribution in [2.24, 2.45) is 0 Å². The Hall–Kier alpha value is -2.50. The first-order valence-corrected chi connectivity index (χ1v) is 6.98. The smallest absolute Gasteiger partial charge is 0.192 e. The molecule has 1 aliphatic heterocycles. The molecule has 0 saturated carbocycles. The van der Waals surface area contributed by atoms with Gasteiger partial charge in [-0.05, 0) is 23.3 Å². The van der Waals surface area contributed by atoms with Crippen molar-refractivity contribution in [2.75, 3.05) is 6.61 Å². The van der Waals surface area contributed by atoms with Crippen molar-refractivity contribution in [1.82, 2.24) is 4.98 Å². The molecule has 5 nitrogen and oxygen atoms in total. The number of rotatable bonds is 1. The summed E-state index contributed by atoms with van der Waals surface area (Å²) in [4.78, 5) is 16.0. The first-order valence-electron chi connectivity index (χ1n) is 6.98. The Labute approximate surface area is 125 Å². The van der Waals surface area contributed by atoms with Crippen molar-refractivity contribution in [1.29, 1.82) is 0 Å². The van der Waals surface area contributed by atoms with Gasteiger partial charge in [0.2, 0.25) is 0 Å². The van der Waals surface area contributed by atoms with Crippen LogP contribution in [-0.2, 0) is 11.3 Å². The largest absolute Gasteiger partial charge is 0.464 e. The average Bonchev–Trinajstić information content (AvgIpc) is 2.55. The Kier molecular flexibility index (Phi) is 3.03. The Bertz CT molecular complexity index is 916. The minimum atomic E-state index is -0.658. The summed E-state index contributed by atoms with van der Waals surface area (Å²) in [6.07, 6.45) is 4.14. The number of nitrogens with zero attached hydrogens (tertiary/aromatic N) is 1. The maximum Gasteiger partial charge on any atom is 0.192 e. The molecule has 0 amide bonds. The molecule has 0 spiro atoms. The number of aromatic nitrogens is 1. The fourth-order valence-electron chi connectivity index (χ4n) is 2.81. The highest BCUT2D eigenvalue weighted by Gasteiger charge is 2.22. The van der Waals surface area contributed by atoms with Crippen molar-refractivity contribution in [2.45, 2.75) is 12.7 Å².